The molecule has 0 bridgehead atoms. The average Bonchev–Trinajstić information content (AvgIpc) is 3.42. The van der Waals surface area contributed by atoms with Gasteiger partial charge in [0.1, 0.15) is 16.5 Å². The number of piperazine rings is 1. The first-order valence-corrected chi connectivity index (χ1v) is 14.2. The molecule has 0 spiro atoms. The molecule has 5 nitrogen and oxygen atoms in total. The summed E-state index contributed by atoms with van der Waals surface area (Å²) < 4.78 is 53.4. The van der Waals surface area contributed by atoms with Crippen molar-refractivity contribution in [2.75, 3.05) is 31.1 Å². The number of benzene rings is 3. The molecule has 0 radical (unpaired) electrons. The summed E-state index contributed by atoms with van der Waals surface area (Å²) >= 11 is 1.35. The first-order chi connectivity index (χ1) is 19.7. The molecule has 3 aromatic carbocycles. The van der Waals surface area contributed by atoms with Crippen molar-refractivity contribution in [3.05, 3.63) is 117 Å². The molecular weight excluding hydrogens is 552 g/mol. The van der Waals surface area contributed by atoms with Gasteiger partial charge >= 0.3 is 6.18 Å². The SMILES string of the molecule is Cc1ccccc1N1CCN(C(=O)c2csc(CN(Cc3ccc(F)cc3)Cc3cccc(C(F)(F)F)c3)n2)CC1. The van der Waals surface area contributed by atoms with Crippen molar-refractivity contribution < 1.29 is 22.4 Å². The minimum absolute atomic E-state index is 0.125. The zero-order chi connectivity index (χ0) is 29.0. The number of halogens is 4. The van der Waals surface area contributed by atoms with Crippen LogP contribution in [0.25, 0.3) is 0 Å². The summed E-state index contributed by atoms with van der Waals surface area (Å²) in [6.45, 7) is 5.65. The Kier molecular flexibility index (Phi) is 8.70. The van der Waals surface area contributed by atoms with E-state index in [4.69, 9.17) is 0 Å². The third-order valence-electron chi connectivity index (χ3n) is 7.13. The number of carbonyl (C=O) groups is 1. The molecule has 1 aromatic heterocycles. The van der Waals surface area contributed by atoms with Crippen molar-refractivity contribution in [3.63, 3.8) is 0 Å². The monoisotopic (exact) mass is 582 g/mol. The number of nitrogens with zero attached hydrogens (tertiary/aromatic N) is 4. The molecule has 1 fully saturated rings. The van der Waals surface area contributed by atoms with Crippen LogP contribution in [0.2, 0.25) is 0 Å². The first kappa shape index (κ1) is 28.8. The molecule has 214 valence electrons. The summed E-state index contributed by atoms with van der Waals surface area (Å²) in [5.74, 6) is -0.485. The van der Waals surface area contributed by atoms with E-state index >= 15 is 0 Å². The number of anilines is 1. The minimum Gasteiger partial charge on any atom is -0.368 e. The Morgan fingerprint density at radius 2 is 1.61 bits per heavy atom. The predicted molar refractivity (Wildman–Crippen MR) is 152 cm³/mol. The van der Waals surface area contributed by atoms with Crippen molar-refractivity contribution in [3.8, 4) is 0 Å². The van der Waals surface area contributed by atoms with Gasteiger partial charge in [0, 0.05) is 50.3 Å². The molecule has 4 aromatic rings. The number of thiazole rings is 1. The molecule has 0 unspecified atom stereocenters. The van der Waals surface area contributed by atoms with Crippen LogP contribution in [0.5, 0.6) is 0 Å². The van der Waals surface area contributed by atoms with Gasteiger partial charge in [0.15, 0.2) is 0 Å². The molecule has 1 aliphatic heterocycles. The number of carbonyl (C=O) groups excluding carboxylic acids is 1. The summed E-state index contributed by atoms with van der Waals surface area (Å²) in [7, 11) is 0. The smallest absolute Gasteiger partial charge is 0.368 e. The fourth-order valence-electron chi connectivity index (χ4n) is 5.02. The number of hydrogen-bond acceptors (Lipinski definition) is 5. The van der Waals surface area contributed by atoms with Gasteiger partial charge in [-0.05, 0) is 47.9 Å². The van der Waals surface area contributed by atoms with Crippen molar-refractivity contribution in [2.45, 2.75) is 32.7 Å². The molecule has 1 aliphatic rings. The molecule has 1 amide bonds. The second kappa shape index (κ2) is 12.4. The lowest BCUT2D eigenvalue weighted by Crippen LogP contribution is -2.49. The van der Waals surface area contributed by atoms with Crippen LogP contribution in [0.3, 0.4) is 0 Å². The summed E-state index contributed by atoms with van der Waals surface area (Å²) in [5.41, 5.74) is 3.36. The van der Waals surface area contributed by atoms with Gasteiger partial charge in [-0.1, -0.05) is 48.5 Å². The van der Waals surface area contributed by atoms with Crippen molar-refractivity contribution in [1.82, 2.24) is 14.8 Å². The number of alkyl halides is 3. The Labute approximate surface area is 240 Å². The highest BCUT2D eigenvalue weighted by molar-refractivity contribution is 7.09. The zero-order valence-electron chi connectivity index (χ0n) is 22.6. The van der Waals surface area contributed by atoms with Gasteiger partial charge in [0.25, 0.3) is 5.91 Å². The maximum Gasteiger partial charge on any atom is 0.416 e. The normalized spacial score (nSPS) is 14.1. The number of para-hydroxylation sites is 1. The molecule has 10 heteroatoms. The lowest BCUT2D eigenvalue weighted by molar-refractivity contribution is -0.137. The van der Waals surface area contributed by atoms with Crippen LogP contribution < -0.4 is 4.90 Å². The third-order valence-corrected chi connectivity index (χ3v) is 7.97. The van der Waals surface area contributed by atoms with Crippen LogP contribution in [0.1, 0.15) is 37.7 Å². The van der Waals surface area contributed by atoms with E-state index in [9.17, 15) is 22.4 Å². The fourth-order valence-corrected chi connectivity index (χ4v) is 5.83. The Morgan fingerprint density at radius 1 is 0.902 bits per heavy atom. The maximum atomic E-state index is 13.5. The van der Waals surface area contributed by atoms with Gasteiger partial charge in [0.2, 0.25) is 0 Å². The Balaban J connectivity index is 1.27. The minimum atomic E-state index is -4.44. The quantitative estimate of drug-likeness (QED) is 0.215. The van der Waals surface area contributed by atoms with Gasteiger partial charge in [-0.3, -0.25) is 9.69 Å². The van der Waals surface area contributed by atoms with Crippen LogP contribution in [0, 0.1) is 12.7 Å². The van der Waals surface area contributed by atoms with Crippen LogP contribution >= 0.6 is 11.3 Å². The topological polar surface area (TPSA) is 39.7 Å². The van der Waals surface area contributed by atoms with Crippen molar-refractivity contribution in [1.29, 1.82) is 0 Å². The number of aromatic nitrogens is 1. The van der Waals surface area contributed by atoms with Crippen LogP contribution in [0.15, 0.2) is 78.2 Å². The Hall–Kier alpha value is -3.76. The highest BCUT2D eigenvalue weighted by atomic mass is 32.1. The molecule has 41 heavy (non-hydrogen) atoms. The van der Waals surface area contributed by atoms with Gasteiger partial charge < -0.3 is 9.80 Å². The van der Waals surface area contributed by atoms with E-state index in [0.29, 0.717) is 42.4 Å². The van der Waals surface area contributed by atoms with Gasteiger partial charge in [-0.2, -0.15) is 13.2 Å². The van der Waals surface area contributed by atoms with E-state index in [-0.39, 0.29) is 18.3 Å². The summed E-state index contributed by atoms with van der Waals surface area (Å²) in [4.78, 5) is 23.9. The Morgan fingerprint density at radius 3 is 2.32 bits per heavy atom. The molecule has 1 saturated heterocycles. The number of rotatable bonds is 8. The van der Waals surface area contributed by atoms with E-state index in [2.05, 4.69) is 28.9 Å². The van der Waals surface area contributed by atoms with E-state index in [1.807, 2.05) is 21.9 Å². The molecular formula is C31H30F4N4OS. The zero-order valence-corrected chi connectivity index (χ0v) is 23.4. The second-order valence-corrected chi connectivity index (χ2v) is 11.1. The standard InChI is InChI=1S/C31H30F4N4OS/c1-22-5-2-3-8-28(22)38-13-15-39(16-14-38)30(40)27-21-41-29(36-27)20-37(18-23-9-11-26(32)12-10-23)19-24-6-4-7-25(17-24)31(33,34)35/h2-12,17,21H,13-16,18-20H2,1H3. The molecule has 0 saturated carbocycles. The number of aryl methyl sites for hydroxylation is 1. The summed E-state index contributed by atoms with van der Waals surface area (Å²) in [6.07, 6.45) is -4.44. The van der Waals surface area contributed by atoms with Crippen LogP contribution in [0.4, 0.5) is 23.2 Å². The first-order valence-electron chi connectivity index (χ1n) is 13.3. The van der Waals surface area contributed by atoms with E-state index in [1.54, 1.807) is 23.6 Å². The van der Waals surface area contributed by atoms with Gasteiger partial charge in [-0.25, -0.2) is 9.37 Å². The highest BCUT2D eigenvalue weighted by Gasteiger charge is 2.30. The maximum absolute atomic E-state index is 13.5. The molecule has 0 atom stereocenters. The van der Waals surface area contributed by atoms with Gasteiger partial charge in [-0.15, -0.1) is 11.3 Å². The number of amides is 1. The van der Waals surface area contributed by atoms with Crippen LogP contribution in [-0.4, -0.2) is 46.9 Å². The molecule has 2 heterocycles. The Bertz CT molecular complexity index is 1480. The summed E-state index contributed by atoms with van der Waals surface area (Å²) in [5, 5.41) is 2.42. The lowest BCUT2D eigenvalue weighted by Gasteiger charge is -2.36. The fraction of sp³-hybridized carbons (Fsp3) is 0.290. The number of hydrogen-bond donors (Lipinski definition) is 0. The largest absolute Gasteiger partial charge is 0.416 e. The molecule has 0 N–H and O–H groups in total. The van der Waals surface area contributed by atoms with E-state index in [1.165, 1.54) is 40.8 Å². The third kappa shape index (κ3) is 7.31. The van der Waals surface area contributed by atoms with E-state index < -0.39 is 11.7 Å². The predicted octanol–water partition coefficient (Wildman–Crippen LogP) is 6.77. The van der Waals surface area contributed by atoms with Crippen molar-refractivity contribution in [2.24, 2.45) is 0 Å². The average molecular weight is 583 g/mol. The van der Waals surface area contributed by atoms with Crippen molar-refractivity contribution >= 4 is 22.9 Å². The second-order valence-electron chi connectivity index (χ2n) is 10.2. The van der Waals surface area contributed by atoms with Gasteiger partial charge in [0.05, 0.1) is 12.1 Å². The summed E-state index contributed by atoms with van der Waals surface area (Å²) in [6, 6.07) is 19.5. The highest BCUT2D eigenvalue weighted by Crippen LogP contribution is 2.30. The van der Waals surface area contributed by atoms with E-state index in [0.717, 1.165) is 30.8 Å². The lowest BCUT2D eigenvalue weighted by atomic mass is 10.1. The molecule has 5 rings (SSSR count). The molecule has 0 aliphatic carbocycles. The van der Waals surface area contributed by atoms with Crippen LogP contribution in [-0.2, 0) is 25.8 Å².